The van der Waals surface area contributed by atoms with E-state index < -0.39 is 17.7 Å². The predicted molar refractivity (Wildman–Crippen MR) is 66.9 cm³/mol. The first-order valence-corrected chi connectivity index (χ1v) is 6.23. The van der Waals surface area contributed by atoms with Crippen molar-refractivity contribution in [2.45, 2.75) is 12.8 Å². The molecule has 19 heavy (non-hydrogen) atoms. The molecule has 2 amide bonds. The number of halogens is 2. The van der Waals surface area contributed by atoms with Crippen LogP contribution in [-0.2, 0) is 4.74 Å². The quantitative estimate of drug-likeness (QED) is 0.886. The van der Waals surface area contributed by atoms with Crippen molar-refractivity contribution in [1.29, 1.82) is 0 Å². The average molecular weight is 270 g/mol. The second-order valence-corrected chi connectivity index (χ2v) is 4.52. The van der Waals surface area contributed by atoms with Gasteiger partial charge in [-0.2, -0.15) is 0 Å². The summed E-state index contributed by atoms with van der Waals surface area (Å²) in [6.07, 6.45) is 1.97. The van der Waals surface area contributed by atoms with Gasteiger partial charge >= 0.3 is 6.03 Å². The number of carbonyl (C=O) groups is 1. The molecule has 104 valence electrons. The van der Waals surface area contributed by atoms with E-state index in [1.54, 1.807) is 0 Å². The molecule has 6 heteroatoms. The summed E-state index contributed by atoms with van der Waals surface area (Å²) in [6.45, 7) is 1.84. The molecule has 4 nitrogen and oxygen atoms in total. The van der Waals surface area contributed by atoms with Gasteiger partial charge in [-0.25, -0.2) is 13.6 Å². The fraction of sp³-hybridized carbons (Fsp3) is 0.462. The summed E-state index contributed by atoms with van der Waals surface area (Å²) in [6, 6.07) is 3.10. The molecule has 2 rings (SSSR count). The first kappa shape index (κ1) is 13.7. The molecular formula is C13H16F2N2O2. The maximum Gasteiger partial charge on any atom is 0.319 e. The van der Waals surface area contributed by atoms with Crippen molar-refractivity contribution >= 4 is 11.7 Å². The number of ether oxygens (including phenoxy) is 1. The molecule has 0 bridgehead atoms. The molecule has 1 aromatic carbocycles. The maximum atomic E-state index is 13.3. The highest BCUT2D eigenvalue weighted by Gasteiger charge is 2.15. The van der Waals surface area contributed by atoms with Gasteiger partial charge < -0.3 is 15.4 Å². The standard InChI is InChI=1S/C13H16F2N2O2/c14-10-4-1-5-11(12(10)15)17-13(18)16-7-9-3-2-6-19-8-9/h1,4-5,9H,2-3,6-8H2,(H2,16,17,18)/t9-/m1/s1. The highest BCUT2D eigenvalue weighted by Crippen LogP contribution is 2.16. The Bertz CT molecular complexity index is 448. The van der Waals surface area contributed by atoms with Gasteiger partial charge in [0, 0.05) is 13.2 Å². The smallest absolute Gasteiger partial charge is 0.319 e. The number of anilines is 1. The van der Waals surface area contributed by atoms with Crippen molar-refractivity contribution in [3.8, 4) is 0 Å². The van der Waals surface area contributed by atoms with E-state index in [-0.39, 0.29) is 11.6 Å². The largest absolute Gasteiger partial charge is 0.381 e. The zero-order valence-electron chi connectivity index (χ0n) is 10.4. The van der Waals surface area contributed by atoms with Crippen molar-refractivity contribution in [2.24, 2.45) is 5.92 Å². The number of nitrogens with one attached hydrogen (secondary N) is 2. The van der Waals surface area contributed by atoms with Crippen LogP contribution < -0.4 is 10.6 Å². The Kier molecular flexibility index (Phi) is 4.68. The van der Waals surface area contributed by atoms with E-state index >= 15 is 0 Å². The van der Waals surface area contributed by atoms with Gasteiger partial charge in [0.05, 0.1) is 12.3 Å². The van der Waals surface area contributed by atoms with Crippen LogP contribution in [0.1, 0.15) is 12.8 Å². The Morgan fingerprint density at radius 1 is 1.42 bits per heavy atom. The molecule has 1 aliphatic heterocycles. The Morgan fingerprint density at radius 3 is 3.00 bits per heavy atom. The van der Waals surface area contributed by atoms with Crippen molar-refractivity contribution in [3.63, 3.8) is 0 Å². The van der Waals surface area contributed by atoms with Crippen LogP contribution in [-0.4, -0.2) is 25.8 Å². The van der Waals surface area contributed by atoms with Crippen LogP contribution in [0.25, 0.3) is 0 Å². The summed E-state index contributed by atoms with van der Waals surface area (Å²) < 4.78 is 31.5. The number of benzene rings is 1. The molecule has 0 saturated carbocycles. The molecule has 0 unspecified atom stereocenters. The monoisotopic (exact) mass is 270 g/mol. The molecule has 2 N–H and O–H groups in total. The van der Waals surface area contributed by atoms with Gasteiger partial charge in [0.1, 0.15) is 0 Å². The maximum absolute atomic E-state index is 13.3. The van der Waals surface area contributed by atoms with Crippen molar-refractivity contribution in [1.82, 2.24) is 5.32 Å². The summed E-state index contributed by atoms with van der Waals surface area (Å²) in [5, 5.41) is 4.91. The number of urea groups is 1. The highest BCUT2D eigenvalue weighted by molar-refractivity contribution is 5.89. The van der Waals surface area contributed by atoms with Crippen LogP contribution in [0.2, 0.25) is 0 Å². The van der Waals surface area contributed by atoms with Crippen LogP contribution in [0.4, 0.5) is 19.3 Å². The van der Waals surface area contributed by atoms with Gasteiger partial charge in [-0.05, 0) is 30.9 Å². The summed E-state index contributed by atoms with van der Waals surface area (Å²) in [4.78, 5) is 11.6. The zero-order chi connectivity index (χ0) is 13.7. The van der Waals surface area contributed by atoms with Crippen LogP contribution in [0.15, 0.2) is 18.2 Å². The Labute approximate surface area is 110 Å². The van der Waals surface area contributed by atoms with Gasteiger partial charge in [-0.15, -0.1) is 0 Å². The Morgan fingerprint density at radius 2 is 2.26 bits per heavy atom. The summed E-state index contributed by atoms with van der Waals surface area (Å²) in [5.74, 6) is -1.77. The number of hydrogen-bond acceptors (Lipinski definition) is 2. The first-order valence-electron chi connectivity index (χ1n) is 6.23. The van der Waals surface area contributed by atoms with E-state index in [0.717, 1.165) is 25.5 Å². The van der Waals surface area contributed by atoms with Crippen LogP contribution in [0.3, 0.4) is 0 Å². The number of amides is 2. The molecule has 0 radical (unpaired) electrons. The minimum absolute atomic E-state index is 0.169. The SMILES string of the molecule is O=C(NC[C@H]1CCCOC1)Nc1cccc(F)c1F. The molecule has 0 spiro atoms. The highest BCUT2D eigenvalue weighted by atomic mass is 19.2. The fourth-order valence-corrected chi connectivity index (χ4v) is 1.97. The van der Waals surface area contributed by atoms with Gasteiger partial charge in [0.2, 0.25) is 0 Å². The molecule has 1 aromatic rings. The lowest BCUT2D eigenvalue weighted by Crippen LogP contribution is -2.36. The molecule has 1 saturated heterocycles. The molecular weight excluding hydrogens is 254 g/mol. The molecule has 1 fully saturated rings. The summed E-state index contributed by atoms with van der Waals surface area (Å²) >= 11 is 0. The van der Waals surface area contributed by atoms with Gasteiger partial charge in [-0.3, -0.25) is 0 Å². The van der Waals surface area contributed by atoms with E-state index in [4.69, 9.17) is 4.74 Å². The molecule has 1 heterocycles. The summed E-state index contributed by atoms with van der Waals surface area (Å²) in [7, 11) is 0. The van der Waals surface area contributed by atoms with Crippen LogP contribution in [0, 0.1) is 17.6 Å². The third kappa shape index (κ3) is 3.89. The normalized spacial score (nSPS) is 18.9. The van der Waals surface area contributed by atoms with Crippen molar-refractivity contribution in [3.05, 3.63) is 29.8 Å². The predicted octanol–water partition coefficient (Wildman–Crippen LogP) is 2.51. The van der Waals surface area contributed by atoms with Crippen molar-refractivity contribution in [2.75, 3.05) is 25.1 Å². The Balaban J connectivity index is 1.82. The van der Waals surface area contributed by atoms with E-state index in [2.05, 4.69) is 10.6 Å². The molecule has 1 aliphatic rings. The lowest BCUT2D eigenvalue weighted by atomic mass is 10.0. The minimum Gasteiger partial charge on any atom is -0.381 e. The first-order chi connectivity index (χ1) is 9.16. The summed E-state index contributed by atoms with van der Waals surface area (Å²) in [5.41, 5.74) is -0.169. The molecule has 1 atom stereocenters. The van der Waals surface area contributed by atoms with E-state index in [1.165, 1.54) is 12.1 Å². The third-order valence-corrected chi connectivity index (χ3v) is 3.01. The van der Waals surface area contributed by atoms with E-state index in [0.29, 0.717) is 13.2 Å². The van der Waals surface area contributed by atoms with E-state index in [9.17, 15) is 13.6 Å². The number of hydrogen-bond donors (Lipinski definition) is 2. The molecule has 0 aromatic heterocycles. The van der Waals surface area contributed by atoms with Crippen LogP contribution >= 0.6 is 0 Å². The molecule has 0 aliphatic carbocycles. The topological polar surface area (TPSA) is 50.4 Å². The average Bonchev–Trinajstić information content (AvgIpc) is 2.43. The van der Waals surface area contributed by atoms with Gasteiger partial charge in [-0.1, -0.05) is 6.07 Å². The van der Waals surface area contributed by atoms with E-state index in [1.807, 2.05) is 0 Å². The lowest BCUT2D eigenvalue weighted by molar-refractivity contribution is 0.0559. The lowest BCUT2D eigenvalue weighted by Gasteiger charge is -2.22. The third-order valence-electron chi connectivity index (χ3n) is 3.01. The van der Waals surface area contributed by atoms with Gasteiger partial charge in [0.15, 0.2) is 11.6 Å². The number of carbonyl (C=O) groups excluding carboxylic acids is 1. The minimum atomic E-state index is -1.06. The zero-order valence-corrected chi connectivity index (χ0v) is 10.4. The second-order valence-electron chi connectivity index (χ2n) is 4.52. The number of rotatable bonds is 3. The van der Waals surface area contributed by atoms with Gasteiger partial charge in [0.25, 0.3) is 0 Å². The Hall–Kier alpha value is -1.69. The second kappa shape index (κ2) is 6.47. The van der Waals surface area contributed by atoms with Crippen molar-refractivity contribution < 1.29 is 18.3 Å². The fourth-order valence-electron chi connectivity index (χ4n) is 1.97. The van der Waals surface area contributed by atoms with Crippen LogP contribution in [0.5, 0.6) is 0 Å².